The van der Waals surface area contributed by atoms with E-state index in [9.17, 15) is 9.59 Å². The van der Waals surface area contributed by atoms with Gasteiger partial charge in [-0.1, -0.05) is 12.1 Å². The number of benzene rings is 1. The van der Waals surface area contributed by atoms with Gasteiger partial charge in [-0.2, -0.15) is 0 Å². The van der Waals surface area contributed by atoms with Crippen LogP contribution in [0.1, 0.15) is 16.7 Å². The molecule has 0 fully saturated rings. The van der Waals surface area contributed by atoms with Crippen LogP contribution in [0.5, 0.6) is 0 Å². The number of carboxylic acid groups (broad SMARTS) is 1. The minimum absolute atomic E-state index is 0.153. The van der Waals surface area contributed by atoms with Gasteiger partial charge in [-0.3, -0.25) is 9.59 Å². The summed E-state index contributed by atoms with van der Waals surface area (Å²) in [5.74, 6) is -0.603. The lowest BCUT2D eigenvalue weighted by atomic mass is 10.1. The Morgan fingerprint density at radius 2 is 2.05 bits per heavy atom. The number of aryl methyl sites for hydroxylation is 2. The van der Waals surface area contributed by atoms with Gasteiger partial charge in [0.2, 0.25) is 0 Å². The van der Waals surface area contributed by atoms with Gasteiger partial charge in [0.05, 0.1) is 6.42 Å². The number of aromatic amines is 1. The van der Waals surface area contributed by atoms with Gasteiger partial charge in [0.1, 0.15) is 5.82 Å². The summed E-state index contributed by atoms with van der Waals surface area (Å²) in [4.78, 5) is 29.0. The second-order valence-corrected chi connectivity index (χ2v) is 4.46. The number of rotatable bonds is 3. The largest absolute Gasteiger partial charge is 0.481 e. The Bertz CT molecular complexity index is 689. The monoisotopic (exact) mass is 258 g/mol. The van der Waals surface area contributed by atoms with Crippen molar-refractivity contribution < 1.29 is 9.90 Å². The van der Waals surface area contributed by atoms with Crippen molar-refractivity contribution in [2.45, 2.75) is 20.3 Å². The third kappa shape index (κ3) is 2.88. The Morgan fingerprint density at radius 3 is 2.63 bits per heavy atom. The van der Waals surface area contributed by atoms with Crippen molar-refractivity contribution in [2.24, 2.45) is 0 Å². The molecule has 2 N–H and O–H groups in total. The second kappa shape index (κ2) is 5.06. The summed E-state index contributed by atoms with van der Waals surface area (Å²) in [5.41, 5.74) is 2.82. The Hall–Kier alpha value is -2.43. The zero-order valence-electron chi connectivity index (χ0n) is 10.7. The van der Waals surface area contributed by atoms with Crippen molar-refractivity contribution in [1.29, 1.82) is 0 Å². The highest BCUT2D eigenvalue weighted by Gasteiger charge is 2.08. The molecule has 0 saturated carbocycles. The molecule has 0 aliphatic carbocycles. The standard InChI is InChI=1S/C14H14N2O3/c1-8-3-4-10(5-9(8)2)13-15-7-11(6-12(17)18)14(19)16-13/h3-5,7H,6H2,1-2H3,(H,17,18)(H,15,16,19). The van der Waals surface area contributed by atoms with E-state index >= 15 is 0 Å². The Kier molecular flexibility index (Phi) is 3.46. The van der Waals surface area contributed by atoms with E-state index in [1.807, 2.05) is 32.0 Å². The average Bonchev–Trinajstić information content (AvgIpc) is 2.35. The fourth-order valence-electron chi connectivity index (χ4n) is 1.75. The van der Waals surface area contributed by atoms with Gasteiger partial charge in [-0.15, -0.1) is 0 Å². The van der Waals surface area contributed by atoms with Crippen LogP contribution in [0.15, 0.2) is 29.2 Å². The molecule has 0 aliphatic rings. The number of aliphatic carboxylic acids is 1. The van der Waals surface area contributed by atoms with Crippen molar-refractivity contribution in [1.82, 2.24) is 9.97 Å². The molecule has 0 unspecified atom stereocenters. The summed E-state index contributed by atoms with van der Waals surface area (Å²) < 4.78 is 0. The van der Waals surface area contributed by atoms with E-state index < -0.39 is 11.5 Å². The van der Waals surface area contributed by atoms with Crippen LogP contribution in [-0.4, -0.2) is 21.0 Å². The topological polar surface area (TPSA) is 83.0 Å². The van der Waals surface area contributed by atoms with E-state index in [0.29, 0.717) is 5.82 Å². The van der Waals surface area contributed by atoms with Crippen LogP contribution in [0.25, 0.3) is 11.4 Å². The zero-order chi connectivity index (χ0) is 14.0. The number of nitrogens with one attached hydrogen (secondary N) is 1. The summed E-state index contributed by atoms with van der Waals surface area (Å²) in [7, 11) is 0. The SMILES string of the molecule is Cc1ccc(-c2ncc(CC(=O)O)c(=O)[nH]2)cc1C. The highest BCUT2D eigenvalue weighted by Crippen LogP contribution is 2.17. The van der Waals surface area contributed by atoms with Gasteiger partial charge in [-0.05, 0) is 31.0 Å². The van der Waals surface area contributed by atoms with E-state index in [4.69, 9.17) is 5.11 Å². The van der Waals surface area contributed by atoms with Crippen LogP contribution < -0.4 is 5.56 Å². The minimum atomic E-state index is -1.05. The maximum absolute atomic E-state index is 11.7. The highest BCUT2D eigenvalue weighted by atomic mass is 16.4. The number of hydrogen-bond donors (Lipinski definition) is 2. The number of carbonyl (C=O) groups is 1. The fraction of sp³-hybridized carbons (Fsp3) is 0.214. The van der Waals surface area contributed by atoms with E-state index in [-0.39, 0.29) is 12.0 Å². The smallest absolute Gasteiger partial charge is 0.308 e. The molecule has 0 amide bonds. The lowest BCUT2D eigenvalue weighted by Crippen LogP contribution is -2.17. The molecule has 0 radical (unpaired) electrons. The van der Waals surface area contributed by atoms with Crippen molar-refractivity contribution >= 4 is 5.97 Å². The number of aromatic nitrogens is 2. The lowest BCUT2D eigenvalue weighted by molar-refractivity contribution is -0.136. The molecule has 0 saturated heterocycles. The summed E-state index contributed by atoms with van der Waals surface area (Å²) in [5, 5.41) is 8.66. The summed E-state index contributed by atoms with van der Waals surface area (Å²) in [6.45, 7) is 3.99. The molecule has 2 rings (SSSR count). The molecular weight excluding hydrogens is 244 g/mol. The van der Waals surface area contributed by atoms with Gasteiger partial charge < -0.3 is 10.1 Å². The maximum atomic E-state index is 11.7. The normalized spacial score (nSPS) is 10.4. The van der Waals surface area contributed by atoms with Crippen molar-refractivity contribution in [3.05, 3.63) is 51.4 Å². The first-order valence-corrected chi connectivity index (χ1v) is 5.85. The third-order valence-electron chi connectivity index (χ3n) is 3.00. The zero-order valence-corrected chi connectivity index (χ0v) is 10.7. The van der Waals surface area contributed by atoms with E-state index in [1.165, 1.54) is 6.20 Å². The first-order valence-electron chi connectivity index (χ1n) is 5.85. The molecule has 1 aromatic carbocycles. The van der Waals surface area contributed by atoms with Crippen molar-refractivity contribution in [3.8, 4) is 11.4 Å². The molecule has 1 heterocycles. The molecule has 0 spiro atoms. The summed E-state index contributed by atoms with van der Waals surface area (Å²) in [6, 6.07) is 5.76. The van der Waals surface area contributed by atoms with Crippen LogP contribution >= 0.6 is 0 Å². The molecule has 0 atom stereocenters. The molecule has 0 aliphatic heterocycles. The minimum Gasteiger partial charge on any atom is -0.481 e. The summed E-state index contributed by atoms with van der Waals surface area (Å²) >= 11 is 0. The van der Waals surface area contributed by atoms with Gasteiger partial charge in [-0.25, -0.2) is 4.98 Å². The highest BCUT2D eigenvalue weighted by molar-refractivity contribution is 5.70. The Balaban J connectivity index is 2.41. The molecule has 98 valence electrons. The Labute approximate surface area is 110 Å². The number of hydrogen-bond acceptors (Lipinski definition) is 3. The van der Waals surface area contributed by atoms with Gasteiger partial charge >= 0.3 is 5.97 Å². The van der Waals surface area contributed by atoms with Gasteiger partial charge in [0, 0.05) is 17.3 Å². The number of H-pyrrole nitrogens is 1. The Morgan fingerprint density at radius 1 is 1.32 bits per heavy atom. The lowest BCUT2D eigenvalue weighted by Gasteiger charge is -2.05. The van der Waals surface area contributed by atoms with Crippen LogP contribution in [0.2, 0.25) is 0 Å². The molecule has 2 aromatic rings. The van der Waals surface area contributed by atoms with Crippen molar-refractivity contribution in [2.75, 3.05) is 0 Å². The molecule has 0 bridgehead atoms. The number of nitrogens with zero attached hydrogens (tertiary/aromatic N) is 1. The van der Waals surface area contributed by atoms with E-state index in [1.54, 1.807) is 0 Å². The predicted molar refractivity (Wildman–Crippen MR) is 71.1 cm³/mol. The van der Waals surface area contributed by atoms with Crippen LogP contribution in [0.3, 0.4) is 0 Å². The van der Waals surface area contributed by atoms with E-state index in [0.717, 1.165) is 16.7 Å². The van der Waals surface area contributed by atoms with Crippen molar-refractivity contribution in [3.63, 3.8) is 0 Å². The maximum Gasteiger partial charge on any atom is 0.308 e. The predicted octanol–water partition coefficient (Wildman–Crippen LogP) is 1.68. The fourth-order valence-corrected chi connectivity index (χ4v) is 1.75. The molecular formula is C14H14N2O3. The number of carboxylic acids is 1. The molecule has 1 aromatic heterocycles. The first-order chi connectivity index (χ1) is 8.97. The van der Waals surface area contributed by atoms with Crippen LogP contribution in [0, 0.1) is 13.8 Å². The van der Waals surface area contributed by atoms with Gasteiger partial charge in [0.15, 0.2) is 0 Å². The first kappa shape index (κ1) is 13.0. The summed E-state index contributed by atoms with van der Waals surface area (Å²) in [6.07, 6.45) is 0.993. The third-order valence-corrected chi connectivity index (χ3v) is 3.00. The molecule has 5 nitrogen and oxygen atoms in total. The van der Waals surface area contributed by atoms with Crippen LogP contribution in [0.4, 0.5) is 0 Å². The quantitative estimate of drug-likeness (QED) is 0.877. The van der Waals surface area contributed by atoms with Gasteiger partial charge in [0.25, 0.3) is 5.56 Å². The molecule has 19 heavy (non-hydrogen) atoms. The average molecular weight is 258 g/mol. The molecule has 5 heteroatoms. The van der Waals surface area contributed by atoms with Crippen LogP contribution in [-0.2, 0) is 11.2 Å². The second-order valence-electron chi connectivity index (χ2n) is 4.46. The van der Waals surface area contributed by atoms with E-state index in [2.05, 4.69) is 9.97 Å².